The lowest BCUT2D eigenvalue weighted by Gasteiger charge is -2.07. The van der Waals surface area contributed by atoms with Crippen LogP contribution in [0.5, 0.6) is 5.88 Å². The molecule has 0 aliphatic heterocycles. The molecule has 24 heavy (non-hydrogen) atoms. The Hall–Kier alpha value is -2.31. The Bertz CT molecular complexity index is 931. The molecule has 0 atom stereocenters. The highest BCUT2D eigenvalue weighted by molar-refractivity contribution is 6.41. The molecule has 0 spiro atoms. The van der Waals surface area contributed by atoms with Crippen LogP contribution in [0.15, 0.2) is 28.8 Å². The van der Waals surface area contributed by atoms with E-state index < -0.39 is 5.78 Å². The number of carbonyl (C=O) groups excluding carboxylic acids is 1. The minimum absolute atomic E-state index is 0.0861. The molecular weight excluding hydrogens is 353 g/mol. The Morgan fingerprint density at radius 3 is 2.67 bits per heavy atom. The summed E-state index contributed by atoms with van der Waals surface area (Å²) in [5.41, 5.74) is 1.37. The zero-order valence-corrected chi connectivity index (χ0v) is 14.4. The lowest BCUT2D eigenvalue weighted by Crippen LogP contribution is -2.06. The number of benzene rings is 1. The second kappa shape index (κ2) is 6.30. The van der Waals surface area contributed by atoms with E-state index in [2.05, 4.69) is 10.3 Å². The molecule has 0 aliphatic rings. The summed E-state index contributed by atoms with van der Waals surface area (Å²) in [4.78, 5) is 12.7. The monoisotopic (exact) mass is 365 g/mol. The van der Waals surface area contributed by atoms with Crippen LogP contribution in [0, 0.1) is 6.92 Å². The van der Waals surface area contributed by atoms with Gasteiger partial charge in [-0.25, -0.2) is 4.68 Å². The number of hydrogen-bond donors (Lipinski definition) is 1. The van der Waals surface area contributed by atoms with Crippen molar-refractivity contribution in [2.45, 2.75) is 20.4 Å². The van der Waals surface area contributed by atoms with E-state index in [0.29, 0.717) is 28.6 Å². The second-order valence-corrected chi connectivity index (χ2v) is 5.93. The van der Waals surface area contributed by atoms with Gasteiger partial charge < -0.3 is 9.63 Å². The fourth-order valence-corrected chi connectivity index (χ4v) is 2.97. The Morgan fingerprint density at radius 1 is 1.33 bits per heavy atom. The number of aryl methyl sites for hydroxylation is 2. The maximum atomic E-state index is 12.7. The summed E-state index contributed by atoms with van der Waals surface area (Å²) in [6.45, 7) is 4.01. The van der Waals surface area contributed by atoms with E-state index in [9.17, 15) is 9.90 Å². The van der Waals surface area contributed by atoms with E-state index in [0.717, 1.165) is 0 Å². The molecule has 0 saturated carbocycles. The number of aromatic hydroxyl groups is 1. The molecule has 0 bridgehead atoms. The van der Waals surface area contributed by atoms with Gasteiger partial charge in [0.2, 0.25) is 11.7 Å². The first-order chi connectivity index (χ1) is 11.4. The Morgan fingerprint density at radius 2 is 2.08 bits per heavy atom. The van der Waals surface area contributed by atoms with Crippen molar-refractivity contribution in [1.82, 2.24) is 14.9 Å². The fraction of sp³-hybridized carbons (Fsp3) is 0.188. The van der Waals surface area contributed by atoms with Crippen LogP contribution in [0.25, 0.3) is 11.3 Å². The van der Waals surface area contributed by atoms with E-state index in [1.807, 2.05) is 0 Å². The van der Waals surface area contributed by atoms with Crippen LogP contribution < -0.4 is 0 Å². The molecule has 0 aliphatic carbocycles. The van der Waals surface area contributed by atoms with E-state index >= 15 is 0 Å². The van der Waals surface area contributed by atoms with Gasteiger partial charge in [0, 0.05) is 24.2 Å². The van der Waals surface area contributed by atoms with Gasteiger partial charge in [-0.3, -0.25) is 4.79 Å². The van der Waals surface area contributed by atoms with Crippen LogP contribution in [-0.4, -0.2) is 25.8 Å². The fourth-order valence-electron chi connectivity index (χ4n) is 2.32. The maximum Gasteiger partial charge on any atom is 0.214 e. The van der Waals surface area contributed by atoms with Crippen LogP contribution in [-0.2, 0) is 6.54 Å². The predicted molar refractivity (Wildman–Crippen MR) is 89.7 cm³/mol. The van der Waals surface area contributed by atoms with Crippen LogP contribution in [0.2, 0.25) is 10.0 Å². The molecule has 0 unspecified atom stereocenters. The number of halogens is 2. The number of aromatic nitrogens is 3. The minimum atomic E-state index is -0.420. The molecular formula is C16H13Cl2N3O3. The summed E-state index contributed by atoms with van der Waals surface area (Å²) >= 11 is 12.6. The highest BCUT2D eigenvalue weighted by Crippen LogP contribution is 2.38. The molecule has 0 amide bonds. The van der Waals surface area contributed by atoms with Crippen molar-refractivity contribution in [3.05, 3.63) is 51.3 Å². The van der Waals surface area contributed by atoms with Crippen molar-refractivity contribution in [1.29, 1.82) is 0 Å². The zero-order valence-electron chi connectivity index (χ0n) is 12.9. The standard InChI is InChI=1S/C16H13Cl2N3O3/c1-3-21-13(22)7-11(19-21)16(23)9-4-5-10(17)14(15(9)18)12-6-8(2)20-24-12/h4-7,22H,3H2,1-2H3. The second-order valence-electron chi connectivity index (χ2n) is 5.15. The normalized spacial score (nSPS) is 11.0. The maximum absolute atomic E-state index is 12.7. The third-order valence-corrected chi connectivity index (χ3v) is 4.21. The molecule has 3 rings (SSSR count). The first kappa shape index (κ1) is 16.5. The van der Waals surface area contributed by atoms with Crippen molar-refractivity contribution >= 4 is 29.0 Å². The summed E-state index contributed by atoms with van der Waals surface area (Å²) in [6.07, 6.45) is 0. The molecule has 1 aromatic carbocycles. The molecule has 2 aromatic heterocycles. The van der Waals surface area contributed by atoms with Gasteiger partial charge in [0.1, 0.15) is 5.69 Å². The Balaban J connectivity index is 2.10. The molecule has 6 nitrogen and oxygen atoms in total. The molecule has 0 radical (unpaired) electrons. The average Bonchev–Trinajstić information content (AvgIpc) is 3.13. The lowest BCUT2D eigenvalue weighted by atomic mass is 10.0. The zero-order chi connectivity index (χ0) is 17.4. The summed E-state index contributed by atoms with van der Waals surface area (Å²) < 4.78 is 6.52. The van der Waals surface area contributed by atoms with Crippen LogP contribution in [0.3, 0.4) is 0 Å². The number of hydrogen-bond acceptors (Lipinski definition) is 5. The first-order valence-electron chi connectivity index (χ1n) is 7.15. The SMILES string of the molecule is CCn1nc(C(=O)c2ccc(Cl)c(-c3cc(C)no3)c2Cl)cc1O. The van der Waals surface area contributed by atoms with E-state index in [1.165, 1.54) is 16.8 Å². The molecule has 1 N–H and O–H groups in total. The molecule has 0 saturated heterocycles. The van der Waals surface area contributed by atoms with Gasteiger partial charge in [-0.2, -0.15) is 5.10 Å². The molecule has 3 aromatic rings. The van der Waals surface area contributed by atoms with E-state index in [4.69, 9.17) is 27.7 Å². The van der Waals surface area contributed by atoms with E-state index in [1.54, 1.807) is 26.0 Å². The molecule has 2 heterocycles. The Labute approximate surface area is 147 Å². The number of ketones is 1. The quantitative estimate of drug-likeness (QED) is 0.703. The van der Waals surface area contributed by atoms with Gasteiger partial charge in [-0.05, 0) is 26.0 Å². The van der Waals surface area contributed by atoms with Crippen molar-refractivity contribution in [2.24, 2.45) is 0 Å². The number of carbonyl (C=O) groups is 1. The van der Waals surface area contributed by atoms with Crippen molar-refractivity contribution in [3.63, 3.8) is 0 Å². The average molecular weight is 366 g/mol. The van der Waals surface area contributed by atoms with Crippen LogP contribution >= 0.6 is 23.2 Å². The van der Waals surface area contributed by atoms with Crippen LogP contribution in [0.4, 0.5) is 0 Å². The summed E-state index contributed by atoms with van der Waals surface area (Å²) in [7, 11) is 0. The van der Waals surface area contributed by atoms with Crippen molar-refractivity contribution < 1.29 is 14.4 Å². The lowest BCUT2D eigenvalue weighted by molar-refractivity contribution is 0.103. The van der Waals surface area contributed by atoms with E-state index in [-0.39, 0.29) is 22.2 Å². The molecule has 124 valence electrons. The smallest absolute Gasteiger partial charge is 0.214 e. The third-order valence-electron chi connectivity index (χ3n) is 3.50. The highest BCUT2D eigenvalue weighted by atomic mass is 35.5. The minimum Gasteiger partial charge on any atom is -0.493 e. The van der Waals surface area contributed by atoms with Crippen LogP contribution in [0.1, 0.15) is 28.7 Å². The number of nitrogens with zero attached hydrogens (tertiary/aromatic N) is 3. The van der Waals surface area contributed by atoms with Gasteiger partial charge in [0.05, 0.1) is 21.3 Å². The van der Waals surface area contributed by atoms with Crippen molar-refractivity contribution in [3.8, 4) is 17.2 Å². The van der Waals surface area contributed by atoms with Gasteiger partial charge in [-0.15, -0.1) is 0 Å². The summed E-state index contributed by atoms with van der Waals surface area (Å²) in [6, 6.07) is 6.06. The first-order valence-corrected chi connectivity index (χ1v) is 7.91. The molecule has 8 heteroatoms. The van der Waals surface area contributed by atoms with Gasteiger partial charge in [0.25, 0.3) is 0 Å². The summed E-state index contributed by atoms with van der Waals surface area (Å²) in [5.74, 6) is -0.132. The summed E-state index contributed by atoms with van der Waals surface area (Å²) in [5, 5.41) is 18.1. The molecule has 0 fully saturated rings. The topological polar surface area (TPSA) is 81.2 Å². The Kier molecular flexibility index (Phi) is 4.34. The predicted octanol–water partition coefficient (Wildman–Crippen LogP) is 4.11. The third kappa shape index (κ3) is 2.79. The highest BCUT2D eigenvalue weighted by Gasteiger charge is 2.23. The van der Waals surface area contributed by atoms with Gasteiger partial charge >= 0.3 is 0 Å². The largest absolute Gasteiger partial charge is 0.493 e. The van der Waals surface area contributed by atoms with Gasteiger partial charge in [-0.1, -0.05) is 28.4 Å². The van der Waals surface area contributed by atoms with Crippen molar-refractivity contribution in [2.75, 3.05) is 0 Å². The number of rotatable bonds is 4. The van der Waals surface area contributed by atoms with Gasteiger partial charge in [0.15, 0.2) is 5.76 Å².